The zero-order valence-electron chi connectivity index (χ0n) is 27.3. The van der Waals surface area contributed by atoms with E-state index >= 15 is 0 Å². The maximum atomic E-state index is 13.8. The number of phenols is 2. The molecule has 2 aromatic rings. The van der Waals surface area contributed by atoms with Crippen molar-refractivity contribution in [1.29, 1.82) is 0 Å². The highest BCUT2D eigenvalue weighted by Crippen LogP contribution is 2.22. The van der Waals surface area contributed by atoms with E-state index in [0.717, 1.165) is 5.56 Å². The number of aromatic hydroxyl groups is 2. The van der Waals surface area contributed by atoms with Crippen LogP contribution >= 0.6 is 0 Å². The van der Waals surface area contributed by atoms with E-state index in [9.17, 15) is 39.3 Å². The van der Waals surface area contributed by atoms with Crippen molar-refractivity contribution in [3.63, 3.8) is 0 Å². The van der Waals surface area contributed by atoms with Crippen LogP contribution in [0.2, 0.25) is 0 Å². The van der Waals surface area contributed by atoms with Crippen molar-refractivity contribution in [2.45, 2.75) is 90.0 Å². The molecular formula is C34H47N5O8. The second-order valence-corrected chi connectivity index (χ2v) is 12.9. The molecule has 3 rings (SSSR count). The lowest BCUT2D eigenvalue weighted by Crippen LogP contribution is -2.59. The van der Waals surface area contributed by atoms with Crippen molar-refractivity contribution in [3.8, 4) is 11.5 Å². The second kappa shape index (κ2) is 16.8. The lowest BCUT2D eigenvalue weighted by molar-refractivity contribution is -0.144. The van der Waals surface area contributed by atoms with Gasteiger partial charge >= 0.3 is 5.97 Å². The average Bonchev–Trinajstić information content (AvgIpc) is 3.51. The van der Waals surface area contributed by atoms with E-state index in [-0.39, 0.29) is 49.1 Å². The summed E-state index contributed by atoms with van der Waals surface area (Å²) in [6.07, 6.45) is 1.23. The SMILES string of the molecule is CC(C)C[C@H](NC(=O)[C@H](Cc1ccc(O)cc1)NC(=O)[C@@H]1CCCN1C(=O)[C@@H](NC(=O)[C@@H](N)Cc1ccc(O)cc1)C(C)C)C(=O)O. The minimum atomic E-state index is -1.20. The van der Waals surface area contributed by atoms with Crippen LogP contribution in [0.4, 0.5) is 0 Å². The molecule has 0 aromatic heterocycles. The summed E-state index contributed by atoms with van der Waals surface area (Å²) in [7, 11) is 0. The largest absolute Gasteiger partial charge is 0.508 e. The van der Waals surface area contributed by atoms with Gasteiger partial charge < -0.3 is 41.9 Å². The molecule has 256 valence electrons. The van der Waals surface area contributed by atoms with Crippen LogP contribution in [0, 0.1) is 11.8 Å². The maximum Gasteiger partial charge on any atom is 0.326 e. The molecule has 1 saturated heterocycles. The van der Waals surface area contributed by atoms with Crippen LogP contribution in [0.1, 0.15) is 58.1 Å². The van der Waals surface area contributed by atoms with E-state index in [1.807, 2.05) is 13.8 Å². The van der Waals surface area contributed by atoms with Crippen LogP contribution < -0.4 is 21.7 Å². The fourth-order valence-corrected chi connectivity index (χ4v) is 5.54. The number of nitrogens with one attached hydrogen (secondary N) is 3. The number of benzene rings is 2. The number of carbonyl (C=O) groups is 5. The zero-order chi connectivity index (χ0) is 34.8. The van der Waals surface area contributed by atoms with Gasteiger partial charge in [0, 0.05) is 13.0 Å². The first kappa shape index (κ1) is 36.8. The van der Waals surface area contributed by atoms with Crippen LogP contribution in [0.15, 0.2) is 48.5 Å². The fourth-order valence-electron chi connectivity index (χ4n) is 5.54. The smallest absolute Gasteiger partial charge is 0.326 e. The number of hydrogen-bond acceptors (Lipinski definition) is 8. The molecule has 8 N–H and O–H groups in total. The number of rotatable bonds is 15. The van der Waals surface area contributed by atoms with Gasteiger partial charge in [0.2, 0.25) is 23.6 Å². The molecule has 13 nitrogen and oxygen atoms in total. The Morgan fingerprint density at radius 2 is 1.36 bits per heavy atom. The number of nitrogens with zero attached hydrogens (tertiary/aromatic N) is 1. The van der Waals surface area contributed by atoms with Crippen LogP contribution in [0.25, 0.3) is 0 Å². The van der Waals surface area contributed by atoms with Crippen LogP contribution in [-0.4, -0.2) is 86.6 Å². The number of carboxylic acids is 1. The lowest BCUT2D eigenvalue weighted by atomic mass is 10.00. The van der Waals surface area contributed by atoms with E-state index < -0.39 is 59.8 Å². The number of likely N-dealkylation sites (tertiary alicyclic amines) is 1. The number of aliphatic carboxylic acids is 1. The summed E-state index contributed by atoms with van der Waals surface area (Å²) in [4.78, 5) is 67.2. The van der Waals surface area contributed by atoms with Crippen LogP contribution in [0.3, 0.4) is 0 Å². The summed E-state index contributed by atoms with van der Waals surface area (Å²) in [5.41, 5.74) is 7.50. The third-order valence-corrected chi connectivity index (χ3v) is 8.13. The average molecular weight is 654 g/mol. The Morgan fingerprint density at radius 3 is 1.87 bits per heavy atom. The Labute approximate surface area is 274 Å². The van der Waals surface area contributed by atoms with Crippen molar-refractivity contribution in [3.05, 3.63) is 59.7 Å². The minimum absolute atomic E-state index is 0.0101. The standard InChI is InChI=1S/C34H47N5O8/c1-19(2)16-27(34(46)47)37-31(43)26(18-22-9-13-24(41)14-10-22)36-32(44)28-6-5-15-39(28)33(45)29(20(3)4)38-30(42)25(35)17-21-7-11-23(40)12-8-21/h7-14,19-20,25-29,40-41H,5-6,15-18,35H2,1-4H3,(H,36,44)(H,37,43)(H,38,42)(H,46,47)/t25-,26-,27-,28-,29-/m0/s1. The fraction of sp³-hybridized carbons (Fsp3) is 0.500. The number of carboxylic acid groups (broad SMARTS) is 1. The number of amides is 4. The highest BCUT2D eigenvalue weighted by Gasteiger charge is 2.40. The van der Waals surface area contributed by atoms with Crippen molar-refractivity contribution >= 4 is 29.6 Å². The molecule has 0 unspecified atom stereocenters. The molecule has 5 atom stereocenters. The number of hydrogen-bond donors (Lipinski definition) is 7. The van der Waals surface area contributed by atoms with Crippen molar-refractivity contribution in [2.75, 3.05) is 6.54 Å². The molecule has 2 aromatic carbocycles. The van der Waals surface area contributed by atoms with Gasteiger partial charge in [-0.05, 0) is 72.9 Å². The predicted molar refractivity (Wildman–Crippen MR) is 174 cm³/mol. The van der Waals surface area contributed by atoms with Gasteiger partial charge in [0.15, 0.2) is 0 Å². The Balaban J connectivity index is 1.75. The normalized spacial score (nSPS) is 17.1. The summed E-state index contributed by atoms with van der Waals surface area (Å²) in [5.74, 6) is -3.70. The van der Waals surface area contributed by atoms with E-state index in [4.69, 9.17) is 5.73 Å². The summed E-state index contributed by atoms with van der Waals surface area (Å²) in [6, 6.07) is 7.19. The van der Waals surface area contributed by atoms with Crippen LogP contribution in [-0.2, 0) is 36.8 Å². The third kappa shape index (κ3) is 10.7. The summed E-state index contributed by atoms with van der Waals surface area (Å²) in [5, 5.41) is 36.9. The molecular weight excluding hydrogens is 606 g/mol. The number of carbonyl (C=O) groups excluding carboxylic acids is 4. The molecule has 47 heavy (non-hydrogen) atoms. The molecule has 1 heterocycles. The minimum Gasteiger partial charge on any atom is -0.508 e. The second-order valence-electron chi connectivity index (χ2n) is 12.9. The first-order valence-corrected chi connectivity index (χ1v) is 15.9. The lowest BCUT2D eigenvalue weighted by Gasteiger charge is -2.32. The number of phenolic OH excluding ortho intramolecular Hbond substituents is 2. The molecule has 1 aliphatic rings. The topological polar surface area (TPSA) is 211 Å². The van der Waals surface area contributed by atoms with E-state index in [0.29, 0.717) is 18.4 Å². The first-order chi connectivity index (χ1) is 22.2. The van der Waals surface area contributed by atoms with E-state index in [2.05, 4.69) is 16.0 Å². The third-order valence-electron chi connectivity index (χ3n) is 8.13. The zero-order valence-corrected chi connectivity index (χ0v) is 27.3. The molecule has 0 aliphatic carbocycles. The van der Waals surface area contributed by atoms with Gasteiger partial charge in [-0.2, -0.15) is 0 Å². The highest BCUT2D eigenvalue weighted by atomic mass is 16.4. The van der Waals surface area contributed by atoms with Gasteiger partial charge in [-0.25, -0.2) is 4.79 Å². The molecule has 0 radical (unpaired) electrons. The predicted octanol–water partition coefficient (Wildman–Crippen LogP) is 1.44. The van der Waals surface area contributed by atoms with E-state index in [1.165, 1.54) is 29.2 Å². The Hall–Kier alpha value is -4.65. The Kier molecular flexibility index (Phi) is 13.1. The van der Waals surface area contributed by atoms with Crippen molar-refractivity contribution in [2.24, 2.45) is 17.6 Å². The molecule has 0 bridgehead atoms. The molecule has 13 heteroatoms. The first-order valence-electron chi connectivity index (χ1n) is 15.9. The molecule has 0 saturated carbocycles. The Bertz CT molecular complexity index is 1400. The van der Waals surface area contributed by atoms with E-state index in [1.54, 1.807) is 38.1 Å². The number of nitrogens with two attached hydrogens (primary N) is 1. The molecule has 4 amide bonds. The Morgan fingerprint density at radius 1 is 0.809 bits per heavy atom. The molecule has 1 aliphatic heterocycles. The van der Waals surface area contributed by atoms with Gasteiger partial charge in [-0.15, -0.1) is 0 Å². The summed E-state index contributed by atoms with van der Waals surface area (Å²) >= 11 is 0. The van der Waals surface area contributed by atoms with Gasteiger partial charge in [0.1, 0.15) is 35.7 Å². The maximum absolute atomic E-state index is 13.8. The van der Waals surface area contributed by atoms with Gasteiger partial charge in [0.25, 0.3) is 0 Å². The molecule has 0 spiro atoms. The quantitative estimate of drug-likeness (QED) is 0.148. The van der Waals surface area contributed by atoms with Crippen molar-refractivity contribution in [1.82, 2.24) is 20.9 Å². The summed E-state index contributed by atoms with van der Waals surface area (Å²) < 4.78 is 0. The monoisotopic (exact) mass is 653 g/mol. The molecule has 1 fully saturated rings. The van der Waals surface area contributed by atoms with Gasteiger partial charge in [0.05, 0.1) is 6.04 Å². The highest BCUT2D eigenvalue weighted by molar-refractivity contribution is 5.96. The van der Waals surface area contributed by atoms with Crippen molar-refractivity contribution < 1.29 is 39.3 Å². The van der Waals surface area contributed by atoms with Gasteiger partial charge in [-0.1, -0.05) is 52.0 Å². The van der Waals surface area contributed by atoms with Crippen LogP contribution in [0.5, 0.6) is 11.5 Å². The van der Waals surface area contributed by atoms with Gasteiger partial charge in [-0.3, -0.25) is 19.2 Å². The summed E-state index contributed by atoms with van der Waals surface area (Å²) in [6.45, 7) is 7.47.